The maximum Gasteiger partial charge on any atom is 0.163 e. The van der Waals surface area contributed by atoms with Crippen LogP contribution in [0.1, 0.15) is 52.1 Å². The molecule has 0 bridgehead atoms. The second-order valence-corrected chi connectivity index (χ2v) is 6.94. The molecule has 0 aliphatic rings. The number of nitrogens with two attached hydrogens (primary N) is 1. The van der Waals surface area contributed by atoms with E-state index in [1.54, 1.807) is 6.07 Å². The van der Waals surface area contributed by atoms with E-state index in [2.05, 4.69) is 27.7 Å². The fraction of sp³-hybridized carbons (Fsp3) is 0.647. The zero-order chi connectivity index (χ0) is 16.2. The van der Waals surface area contributed by atoms with Crippen molar-refractivity contribution >= 4 is 0 Å². The molecule has 0 saturated heterocycles. The number of hydrogen-bond acceptors (Lipinski definition) is 3. The van der Waals surface area contributed by atoms with Gasteiger partial charge < -0.3 is 15.2 Å². The van der Waals surface area contributed by atoms with Crippen molar-refractivity contribution in [2.24, 2.45) is 17.1 Å². The third-order valence-electron chi connectivity index (χ3n) is 3.52. The van der Waals surface area contributed by atoms with E-state index in [4.69, 9.17) is 15.2 Å². The molecular weight excluding hydrogens is 269 g/mol. The molecule has 0 amide bonds. The second kappa shape index (κ2) is 7.12. The summed E-state index contributed by atoms with van der Waals surface area (Å²) in [6.07, 6.45) is 1.79. The minimum absolute atomic E-state index is 0.245. The topological polar surface area (TPSA) is 44.5 Å². The minimum atomic E-state index is -0.345. The molecule has 0 fully saturated rings. The van der Waals surface area contributed by atoms with Gasteiger partial charge in [0.1, 0.15) is 5.82 Å². The first-order valence-electron chi connectivity index (χ1n) is 7.35. The minimum Gasteiger partial charge on any atom is -0.493 e. The molecule has 0 heterocycles. The van der Waals surface area contributed by atoms with E-state index in [1.807, 2.05) is 0 Å². The predicted octanol–water partition coefficient (Wildman–Crippen LogP) is 4.31. The molecule has 120 valence electrons. The maximum absolute atomic E-state index is 14.2. The highest BCUT2D eigenvalue weighted by atomic mass is 19.1. The van der Waals surface area contributed by atoms with Gasteiger partial charge in [-0.2, -0.15) is 0 Å². The fourth-order valence-electron chi connectivity index (χ4n) is 2.84. The molecule has 0 spiro atoms. The molecule has 0 aliphatic heterocycles. The van der Waals surface area contributed by atoms with Crippen molar-refractivity contribution in [1.82, 2.24) is 0 Å². The largest absolute Gasteiger partial charge is 0.493 e. The summed E-state index contributed by atoms with van der Waals surface area (Å²) in [5, 5.41) is 0. The molecule has 2 N–H and O–H groups in total. The van der Waals surface area contributed by atoms with E-state index in [-0.39, 0.29) is 17.3 Å². The van der Waals surface area contributed by atoms with Crippen LogP contribution >= 0.6 is 0 Å². The number of methoxy groups -OCH3 is 2. The Labute approximate surface area is 127 Å². The van der Waals surface area contributed by atoms with Crippen LogP contribution in [0.25, 0.3) is 0 Å². The van der Waals surface area contributed by atoms with E-state index >= 15 is 0 Å². The van der Waals surface area contributed by atoms with Gasteiger partial charge in [-0.05, 0) is 30.2 Å². The smallest absolute Gasteiger partial charge is 0.163 e. The molecule has 21 heavy (non-hydrogen) atoms. The molecule has 1 rings (SSSR count). The summed E-state index contributed by atoms with van der Waals surface area (Å²) in [4.78, 5) is 0. The van der Waals surface area contributed by atoms with Gasteiger partial charge in [0, 0.05) is 17.7 Å². The Morgan fingerprint density at radius 1 is 1.14 bits per heavy atom. The molecular formula is C17H28FNO2. The van der Waals surface area contributed by atoms with Gasteiger partial charge in [-0.3, -0.25) is 0 Å². The van der Waals surface area contributed by atoms with Crippen LogP contribution in [0.2, 0.25) is 0 Å². The Bertz CT molecular complexity index is 469. The fourth-order valence-corrected chi connectivity index (χ4v) is 2.84. The van der Waals surface area contributed by atoms with Gasteiger partial charge in [0.25, 0.3) is 0 Å². The second-order valence-electron chi connectivity index (χ2n) is 6.94. The van der Waals surface area contributed by atoms with Gasteiger partial charge in [0.05, 0.1) is 14.2 Å². The molecule has 2 unspecified atom stereocenters. The Morgan fingerprint density at radius 3 is 2.14 bits per heavy atom. The summed E-state index contributed by atoms with van der Waals surface area (Å²) >= 11 is 0. The Balaban J connectivity index is 2.89. The highest BCUT2D eigenvalue weighted by Crippen LogP contribution is 2.35. The van der Waals surface area contributed by atoms with Crippen LogP contribution in [0, 0.1) is 17.2 Å². The van der Waals surface area contributed by atoms with E-state index in [0.29, 0.717) is 23.0 Å². The van der Waals surface area contributed by atoms with Crippen molar-refractivity contribution in [2.75, 3.05) is 14.2 Å². The number of benzene rings is 1. The lowest BCUT2D eigenvalue weighted by atomic mass is 9.82. The Kier molecular flexibility index (Phi) is 6.02. The van der Waals surface area contributed by atoms with E-state index < -0.39 is 0 Å². The van der Waals surface area contributed by atoms with Gasteiger partial charge in [-0.15, -0.1) is 0 Å². The quantitative estimate of drug-likeness (QED) is 0.851. The summed E-state index contributed by atoms with van der Waals surface area (Å²) in [5.41, 5.74) is 6.92. The molecule has 0 radical (unpaired) electrons. The lowest BCUT2D eigenvalue weighted by Gasteiger charge is -2.25. The van der Waals surface area contributed by atoms with Crippen LogP contribution in [0.5, 0.6) is 11.5 Å². The Hall–Kier alpha value is -1.29. The van der Waals surface area contributed by atoms with Crippen molar-refractivity contribution in [3.05, 3.63) is 23.5 Å². The Morgan fingerprint density at radius 2 is 1.67 bits per heavy atom. The van der Waals surface area contributed by atoms with Gasteiger partial charge in [-0.1, -0.05) is 27.7 Å². The number of halogens is 1. The van der Waals surface area contributed by atoms with Crippen molar-refractivity contribution in [1.29, 1.82) is 0 Å². The van der Waals surface area contributed by atoms with Gasteiger partial charge in [0.2, 0.25) is 0 Å². The van der Waals surface area contributed by atoms with Crippen LogP contribution in [0.15, 0.2) is 12.1 Å². The monoisotopic (exact) mass is 297 g/mol. The van der Waals surface area contributed by atoms with Crippen LogP contribution in [0.3, 0.4) is 0 Å². The lowest BCUT2D eigenvalue weighted by molar-refractivity contribution is 0.285. The number of rotatable bonds is 6. The van der Waals surface area contributed by atoms with Crippen LogP contribution in [-0.4, -0.2) is 14.2 Å². The van der Waals surface area contributed by atoms with E-state index in [0.717, 1.165) is 12.8 Å². The van der Waals surface area contributed by atoms with Crippen molar-refractivity contribution in [3.8, 4) is 11.5 Å². The highest BCUT2D eigenvalue weighted by molar-refractivity contribution is 5.44. The first-order valence-corrected chi connectivity index (χ1v) is 7.35. The molecule has 2 atom stereocenters. The molecule has 3 nitrogen and oxygen atoms in total. The molecule has 1 aromatic rings. The van der Waals surface area contributed by atoms with Crippen molar-refractivity contribution < 1.29 is 13.9 Å². The summed E-state index contributed by atoms with van der Waals surface area (Å²) in [5.74, 6) is 0.970. The molecule has 1 aromatic carbocycles. The lowest BCUT2D eigenvalue weighted by Crippen LogP contribution is -2.19. The van der Waals surface area contributed by atoms with E-state index in [1.165, 1.54) is 20.3 Å². The van der Waals surface area contributed by atoms with Gasteiger partial charge >= 0.3 is 0 Å². The summed E-state index contributed by atoms with van der Waals surface area (Å²) in [6, 6.07) is 2.63. The molecule has 0 saturated carbocycles. The molecule has 0 aliphatic carbocycles. The number of ether oxygens (including phenoxy) is 2. The van der Waals surface area contributed by atoms with Gasteiger partial charge in [-0.25, -0.2) is 4.39 Å². The SMILES string of the molecule is COc1cc(F)c(C(N)CC(C)CC(C)(C)C)cc1OC. The van der Waals surface area contributed by atoms with Crippen molar-refractivity contribution in [3.63, 3.8) is 0 Å². The highest BCUT2D eigenvalue weighted by Gasteiger charge is 2.21. The van der Waals surface area contributed by atoms with Crippen molar-refractivity contribution in [2.45, 2.75) is 46.6 Å². The average Bonchev–Trinajstić information content (AvgIpc) is 2.35. The summed E-state index contributed by atoms with van der Waals surface area (Å²) in [7, 11) is 3.02. The van der Waals surface area contributed by atoms with Gasteiger partial charge in [0.15, 0.2) is 11.5 Å². The maximum atomic E-state index is 14.2. The standard InChI is InChI=1S/C17H28FNO2/c1-11(10-17(2,3)4)7-14(19)12-8-15(20-5)16(21-6)9-13(12)18/h8-9,11,14H,7,10,19H2,1-6H3. The van der Waals surface area contributed by atoms with Crippen LogP contribution in [-0.2, 0) is 0 Å². The first kappa shape index (κ1) is 17.8. The summed E-state index contributed by atoms with van der Waals surface area (Å²) < 4.78 is 24.5. The third kappa shape index (κ3) is 5.20. The number of hydrogen-bond donors (Lipinski definition) is 1. The third-order valence-corrected chi connectivity index (χ3v) is 3.52. The zero-order valence-corrected chi connectivity index (χ0v) is 14.0. The first-order chi connectivity index (χ1) is 9.67. The van der Waals surface area contributed by atoms with Crippen LogP contribution < -0.4 is 15.2 Å². The normalized spacial score (nSPS) is 14.7. The zero-order valence-electron chi connectivity index (χ0n) is 14.0. The summed E-state index contributed by atoms with van der Waals surface area (Å²) in [6.45, 7) is 8.76. The molecule has 4 heteroatoms. The van der Waals surface area contributed by atoms with E-state index in [9.17, 15) is 4.39 Å². The molecule has 0 aromatic heterocycles. The average molecular weight is 297 g/mol. The predicted molar refractivity (Wildman–Crippen MR) is 84.3 cm³/mol. The van der Waals surface area contributed by atoms with Crippen LogP contribution in [0.4, 0.5) is 4.39 Å².